The highest BCUT2D eigenvalue weighted by molar-refractivity contribution is 9.10. The number of amides is 1. The van der Waals surface area contributed by atoms with Crippen molar-refractivity contribution in [2.75, 3.05) is 0 Å². The summed E-state index contributed by atoms with van der Waals surface area (Å²) in [6.07, 6.45) is -5.78. The molecule has 2 aromatic rings. The van der Waals surface area contributed by atoms with Crippen LogP contribution in [0.15, 0.2) is 58.1 Å². The van der Waals surface area contributed by atoms with Crippen LogP contribution in [-0.4, -0.2) is 27.9 Å². The second-order valence-electron chi connectivity index (χ2n) is 5.67. The van der Waals surface area contributed by atoms with Crippen molar-refractivity contribution in [3.05, 3.63) is 69.9 Å². The summed E-state index contributed by atoms with van der Waals surface area (Å²) in [6.45, 7) is 0. The zero-order valence-electron chi connectivity index (χ0n) is 13.0. The van der Waals surface area contributed by atoms with E-state index in [4.69, 9.17) is 0 Å². The lowest BCUT2D eigenvalue weighted by atomic mass is 9.96. The third kappa shape index (κ3) is 3.36. The van der Waals surface area contributed by atoms with Gasteiger partial charge in [-0.2, -0.15) is 23.3 Å². The number of nitrogens with zero attached hydrogens (tertiary/aromatic N) is 2. The number of hydrogen-bond acceptors (Lipinski definition) is 3. The minimum Gasteiger partial charge on any atom is -0.365 e. The van der Waals surface area contributed by atoms with Crippen molar-refractivity contribution in [3.63, 3.8) is 0 Å². The van der Waals surface area contributed by atoms with Crippen molar-refractivity contribution in [2.45, 2.75) is 18.3 Å². The van der Waals surface area contributed by atoms with Crippen molar-refractivity contribution < 1.29 is 27.5 Å². The molecule has 3 rings (SSSR count). The Morgan fingerprint density at radius 3 is 2.42 bits per heavy atom. The summed E-state index contributed by atoms with van der Waals surface area (Å²) >= 11 is 3.17. The van der Waals surface area contributed by atoms with Gasteiger partial charge in [-0.1, -0.05) is 34.1 Å². The highest BCUT2D eigenvalue weighted by Gasteiger charge is 2.53. The molecule has 1 aliphatic heterocycles. The Balaban J connectivity index is 2.08. The number of benzene rings is 2. The molecule has 0 aromatic heterocycles. The summed E-state index contributed by atoms with van der Waals surface area (Å²) < 4.78 is 53.1. The first-order valence-electron chi connectivity index (χ1n) is 7.34. The Morgan fingerprint density at radius 1 is 1.19 bits per heavy atom. The molecule has 1 unspecified atom stereocenters. The molecule has 0 saturated heterocycles. The molecule has 1 amide bonds. The standard InChI is InChI=1S/C17H11BrF4N2O2/c18-12-3-1-2-10(8-12)15(25)24-16(26,9-14(23-24)17(20,21)22)11-4-6-13(19)7-5-11/h1-8,26H,9H2. The van der Waals surface area contributed by atoms with Gasteiger partial charge in [0.05, 0.1) is 6.42 Å². The molecule has 0 fully saturated rings. The number of carbonyl (C=O) groups is 1. The van der Waals surface area contributed by atoms with E-state index in [9.17, 15) is 27.5 Å². The van der Waals surface area contributed by atoms with Crippen LogP contribution in [0.4, 0.5) is 17.6 Å². The Hall–Kier alpha value is -2.26. The van der Waals surface area contributed by atoms with Crippen LogP contribution >= 0.6 is 15.9 Å². The van der Waals surface area contributed by atoms with Crippen molar-refractivity contribution >= 4 is 27.5 Å². The summed E-state index contributed by atoms with van der Waals surface area (Å²) in [6, 6.07) is 10.2. The third-order valence-corrected chi connectivity index (χ3v) is 4.38. The van der Waals surface area contributed by atoms with Gasteiger partial charge < -0.3 is 5.11 Å². The molecule has 0 aliphatic carbocycles. The predicted octanol–water partition coefficient (Wildman–Crippen LogP) is 4.20. The molecule has 0 radical (unpaired) electrons. The fraction of sp³-hybridized carbons (Fsp3) is 0.176. The monoisotopic (exact) mass is 430 g/mol. The first kappa shape index (κ1) is 18.5. The van der Waals surface area contributed by atoms with E-state index in [1.165, 1.54) is 18.2 Å². The van der Waals surface area contributed by atoms with E-state index < -0.39 is 35.8 Å². The number of halogens is 5. The van der Waals surface area contributed by atoms with E-state index in [1.807, 2.05) is 0 Å². The third-order valence-electron chi connectivity index (χ3n) is 3.88. The molecule has 26 heavy (non-hydrogen) atoms. The summed E-state index contributed by atoms with van der Waals surface area (Å²) in [5.74, 6) is -1.55. The van der Waals surface area contributed by atoms with Gasteiger partial charge in [0, 0.05) is 15.6 Å². The average molecular weight is 431 g/mol. The quantitative estimate of drug-likeness (QED) is 0.725. The minimum atomic E-state index is -4.82. The summed E-state index contributed by atoms with van der Waals surface area (Å²) in [5.41, 5.74) is -3.72. The molecule has 0 saturated carbocycles. The van der Waals surface area contributed by atoms with E-state index in [0.717, 1.165) is 24.3 Å². The molecule has 1 aliphatic rings. The van der Waals surface area contributed by atoms with Gasteiger partial charge in [0.2, 0.25) is 0 Å². The molecule has 1 N–H and O–H groups in total. The second kappa shape index (κ2) is 6.48. The van der Waals surface area contributed by atoms with Gasteiger partial charge in [-0.3, -0.25) is 4.79 Å². The normalized spacial score (nSPS) is 20.2. The SMILES string of the molecule is O=C(c1cccc(Br)c1)N1N=C(C(F)(F)F)CC1(O)c1ccc(F)cc1. The van der Waals surface area contributed by atoms with Gasteiger partial charge in [-0.05, 0) is 30.3 Å². The lowest BCUT2D eigenvalue weighted by Gasteiger charge is -2.31. The Kier molecular flexibility index (Phi) is 4.61. The largest absolute Gasteiger partial charge is 0.431 e. The van der Waals surface area contributed by atoms with E-state index in [1.54, 1.807) is 6.07 Å². The highest BCUT2D eigenvalue weighted by Crippen LogP contribution is 2.40. The number of hydrogen-bond donors (Lipinski definition) is 1. The van der Waals surface area contributed by atoms with Gasteiger partial charge >= 0.3 is 6.18 Å². The Labute approximate surface area is 153 Å². The lowest BCUT2D eigenvalue weighted by Crippen LogP contribution is -2.43. The number of rotatable bonds is 2. The topological polar surface area (TPSA) is 52.9 Å². The van der Waals surface area contributed by atoms with Gasteiger partial charge in [-0.25, -0.2) is 4.39 Å². The smallest absolute Gasteiger partial charge is 0.365 e. The highest BCUT2D eigenvalue weighted by atomic mass is 79.9. The number of alkyl halides is 3. The molecular formula is C17H11BrF4N2O2. The molecular weight excluding hydrogens is 420 g/mol. The lowest BCUT2D eigenvalue weighted by molar-refractivity contribution is -0.0816. The van der Waals surface area contributed by atoms with Crippen molar-refractivity contribution in [1.82, 2.24) is 5.01 Å². The van der Waals surface area contributed by atoms with Crippen LogP contribution in [0.5, 0.6) is 0 Å². The molecule has 1 atom stereocenters. The zero-order valence-corrected chi connectivity index (χ0v) is 14.6. The average Bonchev–Trinajstić information content (AvgIpc) is 2.94. The minimum absolute atomic E-state index is 0.0343. The van der Waals surface area contributed by atoms with Crippen LogP contribution in [-0.2, 0) is 5.72 Å². The zero-order chi connectivity index (χ0) is 19.1. The molecule has 136 valence electrons. The Bertz CT molecular complexity index is 883. The molecule has 0 spiro atoms. The van der Waals surface area contributed by atoms with Gasteiger partial charge in [0.1, 0.15) is 11.5 Å². The fourth-order valence-electron chi connectivity index (χ4n) is 2.60. The van der Waals surface area contributed by atoms with Gasteiger partial charge in [-0.15, -0.1) is 0 Å². The van der Waals surface area contributed by atoms with E-state index >= 15 is 0 Å². The van der Waals surface area contributed by atoms with Crippen LogP contribution in [0.2, 0.25) is 0 Å². The number of carbonyl (C=O) groups excluding carboxylic acids is 1. The van der Waals surface area contributed by atoms with E-state index in [-0.39, 0.29) is 11.1 Å². The number of aliphatic hydroxyl groups is 1. The van der Waals surface area contributed by atoms with Crippen LogP contribution < -0.4 is 0 Å². The van der Waals surface area contributed by atoms with Crippen LogP contribution in [0.3, 0.4) is 0 Å². The van der Waals surface area contributed by atoms with Gasteiger partial charge in [0.25, 0.3) is 5.91 Å². The summed E-state index contributed by atoms with van der Waals surface area (Å²) in [5, 5.41) is 14.6. The second-order valence-corrected chi connectivity index (χ2v) is 6.59. The van der Waals surface area contributed by atoms with Crippen molar-refractivity contribution in [2.24, 2.45) is 5.10 Å². The first-order valence-corrected chi connectivity index (χ1v) is 8.14. The number of hydrazone groups is 1. The van der Waals surface area contributed by atoms with Crippen LogP contribution in [0, 0.1) is 5.82 Å². The van der Waals surface area contributed by atoms with Crippen molar-refractivity contribution in [3.8, 4) is 0 Å². The first-order chi connectivity index (χ1) is 12.1. The summed E-state index contributed by atoms with van der Waals surface area (Å²) in [4.78, 5) is 12.7. The maximum Gasteiger partial charge on any atom is 0.431 e. The maximum absolute atomic E-state index is 13.2. The molecule has 2 aromatic carbocycles. The molecule has 1 heterocycles. The van der Waals surface area contributed by atoms with Crippen LogP contribution in [0.25, 0.3) is 0 Å². The van der Waals surface area contributed by atoms with Gasteiger partial charge in [0.15, 0.2) is 5.72 Å². The fourth-order valence-corrected chi connectivity index (χ4v) is 3.00. The van der Waals surface area contributed by atoms with E-state index in [0.29, 0.717) is 9.48 Å². The predicted molar refractivity (Wildman–Crippen MR) is 88.7 cm³/mol. The van der Waals surface area contributed by atoms with E-state index in [2.05, 4.69) is 21.0 Å². The summed E-state index contributed by atoms with van der Waals surface area (Å²) in [7, 11) is 0. The molecule has 9 heteroatoms. The van der Waals surface area contributed by atoms with Crippen LogP contribution in [0.1, 0.15) is 22.3 Å². The molecule has 4 nitrogen and oxygen atoms in total. The maximum atomic E-state index is 13.2. The van der Waals surface area contributed by atoms with Crippen molar-refractivity contribution in [1.29, 1.82) is 0 Å². The Morgan fingerprint density at radius 2 is 1.85 bits per heavy atom. The molecule has 0 bridgehead atoms.